The van der Waals surface area contributed by atoms with Gasteiger partial charge in [-0.3, -0.25) is 4.79 Å². The van der Waals surface area contributed by atoms with E-state index in [9.17, 15) is 13.2 Å². The standard InChI is InChI=1S/C29H28ClN3O3S2/c30-24-11-9-22(10-12-24)29(34)31-20-27-13-14-28(37-27)38(35,36)33-17-15-25(16-18-33)32-26-8-4-7-23(19-26)21-5-2-1-3-6-21/h1-14,19,25,32H,15-18,20H2,(H,31,34). The second kappa shape index (κ2) is 11.7. The van der Waals surface area contributed by atoms with Crippen LogP contribution in [-0.2, 0) is 16.6 Å². The number of hydrogen-bond donors (Lipinski definition) is 2. The van der Waals surface area contributed by atoms with Crippen LogP contribution in [0.25, 0.3) is 11.1 Å². The highest BCUT2D eigenvalue weighted by Crippen LogP contribution is 2.29. The molecular formula is C29H28ClN3O3S2. The van der Waals surface area contributed by atoms with E-state index in [1.807, 2.05) is 24.3 Å². The third kappa shape index (κ3) is 6.27. The van der Waals surface area contributed by atoms with E-state index in [4.69, 9.17) is 11.6 Å². The molecule has 0 spiro atoms. The van der Waals surface area contributed by atoms with Crippen LogP contribution in [0.2, 0.25) is 5.02 Å². The van der Waals surface area contributed by atoms with Crippen LogP contribution in [0, 0.1) is 0 Å². The molecule has 9 heteroatoms. The molecule has 2 heterocycles. The first kappa shape index (κ1) is 26.4. The number of hydrogen-bond acceptors (Lipinski definition) is 5. The Hall–Kier alpha value is -3.17. The molecule has 6 nitrogen and oxygen atoms in total. The molecule has 0 atom stereocenters. The van der Waals surface area contributed by atoms with Crippen LogP contribution in [0.4, 0.5) is 5.69 Å². The maximum absolute atomic E-state index is 13.3. The summed E-state index contributed by atoms with van der Waals surface area (Å²) in [4.78, 5) is 13.1. The van der Waals surface area contributed by atoms with E-state index in [1.54, 1.807) is 40.7 Å². The second-order valence-electron chi connectivity index (χ2n) is 9.18. The minimum atomic E-state index is -3.58. The number of nitrogens with one attached hydrogen (secondary N) is 2. The first-order valence-electron chi connectivity index (χ1n) is 12.4. The van der Waals surface area contributed by atoms with Gasteiger partial charge in [0.05, 0.1) is 6.54 Å². The number of nitrogens with zero attached hydrogens (tertiary/aromatic N) is 1. The molecule has 0 radical (unpaired) electrons. The number of sulfonamides is 1. The molecule has 38 heavy (non-hydrogen) atoms. The van der Waals surface area contributed by atoms with Crippen LogP contribution >= 0.6 is 22.9 Å². The minimum absolute atomic E-state index is 0.203. The zero-order chi connectivity index (χ0) is 26.5. The molecule has 1 aromatic heterocycles. The first-order chi connectivity index (χ1) is 18.4. The summed E-state index contributed by atoms with van der Waals surface area (Å²) in [5, 5.41) is 6.98. The molecule has 1 fully saturated rings. The molecule has 3 aromatic carbocycles. The Morgan fingerprint density at radius 3 is 2.34 bits per heavy atom. The van der Waals surface area contributed by atoms with Gasteiger partial charge in [0.15, 0.2) is 0 Å². The van der Waals surface area contributed by atoms with Crippen LogP contribution in [0.1, 0.15) is 28.1 Å². The van der Waals surface area contributed by atoms with Crippen molar-refractivity contribution in [1.29, 1.82) is 0 Å². The highest BCUT2D eigenvalue weighted by molar-refractivity contribution is 7.91. The number of carbonyl (C=O) groups excluding carboxylic acids is 1. The van der Waals surface area contributed by atoms with Crippen molar-refractivity contribution in [3.63, 3.8) is 0 Å². The summed E-state index contributed by atoms with van der Waals surface area (Å²) in [6.07, 6.45) is 1.45. The largest absolute Gasteiger partial charge is 0.382 e. The van der Waals surface area contributed by atoms with Crippen LogP contribution in [0.3, 0.4) is 0 Å². The Labute approximate surface area is 232 Å². The number of halogens is 1. The predicted octanol–water partition coefficient (Wildman–Crippen LogP) is 6.26. The molecule has 2 N–H and O–H groups in total. The summed E-state index contributed by atoms with van der Waals surface area (Å²) in [7, 11) is -3.58. The number of benzene rings is 3. The lowest BCUT2D eigenvalue weighted by molar-refractivity contribution is 0.0951. The highest BCUT2D eigenvalue weighted by atomic mass is 35.5. The second-order valence-corrected chi connectivity index (χ2v) is 12.9. The number of anilines is 1. The van der Waals surface area contributed by atoms with E-state index < -0.39 is 10.0 Å². The smallest absolute Gasteiger partial charge is 0.252 e. The monoisotopic (exact) mass is 565 g/mol. The Bertz CT molecular complexity index is 1500. The van der Waals surface area contributed by atoms with Crippen LogP contribution in [0.15, 0.2) is 95.2 Å². The molecule has 1 saturated heterocycles. The fourth-order valence-electron chi connectivity index (χ4n) is 4.49. The quantitative estimate of drug-likeness (QED) is 0.264. The fourth-order valence-corrected chi connectivity index (χ4v) is 7.53. The van der Waals surface area contributed by atoms with Gasteiger partial charge in [0.1, 0.15) is 4.21 Å². The van der Waals surface area contributed by atoms with Gasteiger partial charge in [0.2, 0.25) is 0 Å². The van der Waals surface area contributed by atoms with Crippen molar-refractivity contribution in [1.82, 2.24) is 9.62 Å². The van der Waals surface area contributed by atoms with Gasteiger partial charge in [0.25, 0.3) is 15.9 Å². The maximum atomic E-state index is 13.3. The number of thiophene rings is 1. The molecule has 0 bridgehead atoms. The van der Waals surface area contributed by atoms with Gasteiger partial charge in [0, 0.05) is 40.3 Å². The molecule has 0 aliphatic carbocycles. The molecule has 5 rings (SSSR count). The van der Waals surface area contributed by atoms with E-state index in [-0.39, 0.29) is 18.5 Å². The van der Waals surface area contributed by atoms with E-state index in [0.717, 1.165) is 34.5 Å². The van der Waals surface area contributed by atoms with E-state index in [2.05, 4.69) is 41.0 Å². The fraction of sp³-hybridized carbons (Fsp3) is 0.207. The summed E-state index contributed by atoms with van der Waals surface area (Å²) in [6.45, 7) is 1.17. The average molecular weight is 566 g/mol. The van der Waals surface area contributed by atoms with Crippen LogP contribution in [-0.4, -0.2) is 37.8 Å². The van der Waals surface area contributed by atoms with Gasteiger partial charge >= 0.3 is 0 Å². The Morgan fingerprint density at radius 2 is 1.61 bits per heavy atom. The van der Waals surface area contributed by atoms with Crippen molar-refractivity contribution in [2.24, 2.45) is 0 Å². The molecule has 4 aromatic rings. The van der Waals surface area contributed by atoms with E-state index in [1.165, 1.54) is 11.3 Å². The number of amides is 1. The summed E-state index contributed by atoms with van der Waals surface area (Å²) in [6, 6.07) is 28.8. The van der Waals surface area contributed by atoms with Gasteiger partial charge in [-0.05, 0) is 72.5 Å². The third-order valence-electron chi connectivity index (χ3n) is 6.56. The van der Waals surface area contributed by atoms with E-state index >= 15 is 0 Å². The number of piperidine rings is 1. The van der Waals surface area contributed by atoms with Crippen molar-refractivity contribution in [3.05, 3.63) is 106 Å². The van der Waals surface area contributed by atoms with Crippen LogP contribution in [0.5, 0.6) is 0 Å². The lowest BCUT2D eigenvalue weighted by Gasteiger charge is -2.31. The summed E-state index contributed by atoms with van der Waals surface area (Å²) in [5.41, 5.74) is 3.85. The average Bonchev–Trinajstić information content (AvgIpc) is 3.43. The minimum Gasteiger partial charge on any atom is -0.382 e. The Morgan fingerprint density at radius 1 is 0.895 bits per heavy atom. The number of rotatable bonds is 8. The van der Waals surface area contributed by atoms with Crippen LogP contribution < -0.4 is 10.6 Å². The first-order valence-corrected chi connectivity index (χ1v) is 15.1. The molecule has 1 aliphatic rings. The molecule has 0 unspecified atom stereocenters. The van der Waals surface area contributed by atoms with Gasteiger partial charge < -0.3 is 10.6 Å². The lowest BCUT2D eigenvalue weighted by atomic mass is 10.0. The Kier molecular flexibility index (Phi) is 8.14. The molecule has 0 saturated carbocycles. The predicted molar refractivity (Wildman–Crippen MR) is 154 cm³/mol. The van der Waals surface area contributed by atoms with E-state index in [0.29, 0.717) is 27.9 Å². The van der Waals surface area contributed by atoms with Gasteiger partial charge in [-0.25, -0.2) is 8.42 Å². The Balaban J connectivity index is 1.15. The number of carbonyl (C=O) groups is 1. The van der Waals surface area contributed by atoms with Crippen molar-refractivity contribution in [3.8, 4) is 11.1 Å². The van der Waals surface area contributed by atoms with Gasteiger partial charge in [-0.2, -0.15) is 4.31 Å². The highest BCUT2D eigenvalue weighted by Gasteiger charge is 2.30. The molecule has 1 amide bonds. The third-order valence-corrected chi connectivity index (χ3v) is 10.3. The van der Waals surface area contributed by atoms with Crippen molar-refractivity contribution < 1.29 is 13.2 Å². The molecule has 1 aliphatic heterocycles. The topological polar surface area (TPSA) is 78.5 Å². The van der Waals surface area contributed by atoms with Gasteiger partial charge in [-0.15, -0.1) is 11.3 Å². The summed E-state index contributed by atoms with van der Waals surface area (Å²) < 4.78 is 28.4. The van der Waals surface area contributed by atoms with Gasteiger partial charge in [-0.1, -0.05) is 54.1 Å². The zero-order valence-electron chi connectivity index (χ0n) is 20.6. The summed E-state index contributed by atoms with van der Waals surface area (Å²) in [5.74, 6) is -0.233. The summed E-state index contributed by atoms with van der Waals surface area (Å²) >= 11 is 7.07. The maximum Gasteiger partial charge on any atom is 0.252 e. The van der Waals surface area contributed by atoms with Crippen molar-refractivity contribution in [2.45, 2.75) is 29.6 Å². The molecular weight excluding hydrogens is 538 g/mol. The molecule has 196 valence electrons. The van der Waals surface area contributed by atoms with Crippen molar-refractivity contribution >= 4 is 44.6 Å². The lowest BCUT2D eigenvalue weighted by Crippen LogP contribution is -2.42. The SMILES string of the molecule is O=C(NCc1ccc(S(=O)(=O)N2CCC(Nc3cccc(-c4ccccc4)c3)CC2)s1)c1ccc(Cl)cc1. The zero-order valence-corrected chi connectivity index (χ0v) is 23.0. The normalized spacial score (nSPS) is 14.8. The van der Waals surface area contributed by atoms with Crippen molar-refractivity contribution in [2.75, 3.05) is 18.4 Å².